The Bertz CT molecular complexity index is 1270. The molecule has 7 rings (SSSR count). The summed E-state index contributed by atoms with van der Waals surface area (Å²) in [5.41, 5.74) is 2.42. The third-order valence-corrected chi connectivity index (χ3v) is 14.5. The lowest BCUT2D eigenvalue weighted by molar-refractivity contribution is -0.197. The Labute approximate surface area is 262 Å². The van der Waals surface area contributed by atoms with Crippen molar-refractivity contribution < 1.29 is 33.4 Å². The van der Waals surface area contributed by atoms with E-state index in [2.05, 4.69) is 26.8 Å². The first kappa shape index (κ1) is 30.6. The molecule has 7 aliphatic rings. The molecule has 1 heterocycles. The maximum Gasteiger partial charge on any atom is 0.303 e. The van der Waals surface area contributed by atoms with E-state index >= 15 is 0 Å². The van der Waals surface area contributed by atoms with Crippen LogP contribution in [-0.4, -0.2) is 47.9 Å². The molecule has 0 aromatic rings. The molecule has 1 saturated heterocycles. The number of allylic oxidation sites excluding steroid dienone is 2. The number of hydrogen-bond acceptors (Lipinski definition) is 7. The summed E-state index contributed by atoms with van der Waals surface area (Å²) in [7, 11) is 0. The maximum atomic E-state index is 12.7. The smallest absolute Gasteiger partial charge is 0.303 e. The Morgan fingerprint density at radius 3 is 2.41 bits per heavy atom. The predicted molar refractivity (Wildman–Crippen MR) is 163 cm³/mol. The fraction of sp³-hybridized carbons (Fsp3) is 0.838. The van der Waals surface area contributed by atoms with Crippen molar-refractivity contribution in [3.63, 3.8) is 0 Å². The van der Waals surface area contributed by atoms with Gasteiger partial charge < -0.3 is 14.2 Å². The number of hydrogen-bond donors (Lipinski definition) is 0. The Balaban J connectivity index is 1.14. The highest BCUT2D eigenvalue weighted by Crippen LogP contribution is 2.70. The molecule has 242 valence electrons. The number of carbonyl (C=O) groups is 4. The standard InChI is InChI=1S/C37H52O7/c1-20-24-11-16-36(5)25-12-18-37(15-7-6-8-26(37)23(25)9-10-29(36)35(24,4)17-13-27(20)40)19-14-28-32(42-21(2)38)34(43-22(3)39)30-31(41)33(30)44-28/h9,20,24-26,28-30,32-34H,6-8,10-19H2,1-5H3. The van der Waals surface area contributed by atoms with Gasteiger partial charge in [0.2, 0.25) is 0 Å². The largest absolute Gasteiger partial charge is 0.458 e. The van der Waals surface area contributed by atoms with Crippen molar-refractivity contribution in [2.45, 2.75) is 143 Å². The Hall–Kier alpha value is -2.02. The molecule has 6 aliphatic carbocycles. The third kappa shape index (κ3) is 4.59. The van der Waals surface area contributed by atoms with E-state index in [9.17, 15) is 19.2 Å². The molecule has 7 heteroatoms. The van der Waals surface area contributed by atoms with Crippen LogP contribution in [0.25, 0.3) is 0 Å². The summed E-state index contributed by atoms with van der Waals surface area (Å²) in [4.78, 5) is 49.4. The van der Waals surface area contributed by atoms with Crippen LogP contribution in [0, 0.1) is 51.8 Å². The van der Waals surface area contributed by atoms with Gasteiger partial charge in [-0.05, 0) is 104 Å². The highest BCUT2D eigenvalue weighted by Gasteiger charge is 2.66. The fourth-order valence-electron chi connectivity index (χ4n) is 12.3. The molecular weight excluding hydrogens is 556 g/mol. The number of ether oxygens (including phenoxy) is 3. The van der Waals surface area contributed by atoms with Crippen LogP contribution in [0.1, 0.15) is 118 Å². The van der Waals surface area contributed by atoms with Crippen molar-refractivity contribution in [1.82, 2.24) is 0 Å². The molecule has 0 amide bonds. The monoisotopic (exact) mass is 608 g/mol. The van der Waals surface area contributed by atoms with Crippen LogP contribution in [0.2, 0.25) is 0 Å². The zero-order valence-corrected chi connectivity index (χ0v) is 27.4. The van der Waals surface area contributed by atoms with Gasteiger partial charge in [0.05, 0.1) is 12.0 Å². The summed E-state index contributed by atoms with van der Waals surface area (Å²) < 4.78 is 17.6. The minimum atomic E-state index is -0.768. The van der Waals surface area contributed by atoms with Gasteiger partial charge in [0, 0.05) is 26.2 Å². The maximum absolute atomic E-state index is 12.7. The number of rotatable bonds is 5. The van der Waals surface area contributed by atoms with Crippen LogP contribution in [0.3, 0.4) is 0 Å². The van der Waals surface area contributed by atoms with E-state index < -0.39 is 42.3 Å². The Morgan fingerprint density at radius 1 is 0.909 bits per heavy atom. The number of Topliss-reactive ketones (excluding diaryl/α,β-unsaturated/α-hetero) is 2. The predicted octanol–water partition coefficient (Wildman–Crippen LogP) is 6.55. The van der Waals surface area contributed by atoms with Gasteiger partial charge in [0.15, 0.2) is 18.0 Å². The molecular formula is C37H52O7. The van der Waals surface area contributed by atoms with E-state index in [1.165, 1.54) is 65.2 Å². The molecule has 0 aromatic carbocycles. The molecule has 0 bridgehead atoms. The minimum Gasteiger partial charge on any atom is -0.458 e. The summed E-state index contributed by atoms with van der Waals surface area (Å²) in [5.74, 6) is 1.49. The zero-order valence-electron chi connectivity index (χ0n) is 27.4. The van der Waals surface area contributed by atoms with Crippen molar-refractivity contribution in [2.75, 3.05) is 0 Å². The first-order chi connectivity index (χ1) is 20.9. The normalized spacial score (nSPS) is 49.2. The van der Waals surface area contributed by atoms with Crippen molar-refractivity contribution in [1.29, 1.82) is 0 Å². The van der Waals surface area contributed by atoms with Crippen LogP contribution < -0.4 is 0 Å². The molecule has 7 nitrogen and oxygen atoms in total. The van der Waals surface area contributed by atoms with Crippen LogP contribution >= 0.6 is 0 Å². The molecule has 0 aromatic heterocycles. The second-order valence-corrected chi connectivity index (χ2v) is 16.4. The lowest BCUT2D eigenvalue weighted by atomic mass is 9.39. The number of carbonyl (C=O) groups excluding carboxylic acids is 4. The highest BCUT2D eigenvalue weighted by molar-refractivity contribution is 6.03. The van der Waals surface area contributed by atoms with Crippen molar-refractivity contribution in [2.24, 2.45) is 51.8 Å². The first-order valence-corrected chi connectivity index (χ1v) is 17.7. The summed E-state index contributed by atoms with van der Waals surface area (Å²) in [5, 5.41) is 0. The molecule has 13 unspecified atom stereocenters. The molecule has 0 N–H and O–H groups in total. The quantitative estimate of drug-likeness (QED) is 0.258. The average Bonchev–Trinajstić information content (AvgIpc) is 3.63. The van der Waals surface area contributed by atoms with Gasteiger partial charge in [-0.25, -0.2) is 0 Å². The zero-order chi connectivity index (χ0) is 31.2. The van der Waals surface area contributed by atoms with E-state index in [1.54, 1.807) is 5.57 Å². The van der Waals surface area contributed by atoms with Crippen molar-refractivity contribution >= 4 is 23.5 Å². The summed E-state index contributed by atoms with van der Waals surface area (Å²) in [6.45, 7) is 10.0. The lowest BCUT2D eigenvalue weighted by Gasteiger charge is -2.66. The van der Waals surface area contributed by atoms with Crippen molar-refractivity contribution in [3.8, 4) is 0 Å². The summed E-state index contributed by atoms with van der Waals surface area (Å²) in [6.07, 6.45) is 14.4. The van der Waals surface area contributed by atoms with Gasteiger partial charge in [-0.1, -0.05) is 45.3 Å². The van der Waals surface area contributed by atoms with E-state index in [0.717, 1.165) is 25.7 Å². The van der Waals surface area contributed by atoms with E-state index in [4.69, 9.17) is 14.2 Å². The van der Waals surface area contributed by atoms with E-state index in [1.807, 2.05) is 0 Å². The van der Waals surface area contributed by atoms with Crippen molar-refractivity contribution in [3.05, 3.63) is 11.6 Å². The first-order valence-electron chi connectivity index (χ1n) is 17.7. The van der Waals surface area contributed by atoms with Crippen LogP contribution in [0.4, 0.5) is 0 Å². The van der Waals surface area contributed by atoms with Crippen LogP contribution in [0.15, 0.2) is 11.6 Å². The molecule has 5 saturated carbocycles. The van der Waals surface area contributed by atoms with Gasteiger partial charge in [0.1, 0.15) is 11.9 Å². The van der Waals surface area contributed by atoms with Gasteiger partial charge in [-0.2, -0.15) is 0 Å². The van der Waals surface area contributed by atoms with E-state index in [-0.39, 0.29) is 27.9 Å². The molecule has 1 aliphatic heterocycles. The average molecular weight is 609 g/mol. The van der Waals surface area contributed by atoms with Crippen LogP contribution in [-0.2, 0) is 33.4 Å². The number of ketones is 2. The molecule has 0 radical (unpaired) electrons. The topological polar surface area (TPSA) is 96.0 Å². The van der Waals surface area contributed by atoms with Gasteiger partial charge >= 0.3 is 11.9 Å². The Morgan fingerprint density at radius 2 is 1.66 bits per heavy atom. The molecule has 0 spiro atoms. The van der Waals surface area contributed by atoms with Gasteiger partial charge in [0.25, 0.3) is 0 Å². The Kier molecular flexibility index (Phi) is 7.50. The summed E-state index contributed by atoms with van der Waals surface area (Å²) in [6, 6.07) is 0. The number of fused-ring (bicyclic) bond motifs is 8. The third-order valence-electron chi connectivity index (χ3n) is 14.5. The molecule has 44 heavy (non-hydrogen) atoms. The summed E-state index contributed by atoms with van der Waals surface area (Å²) >= 11 is 0. The lowest BCUT2D eigenvalue weighted by Crippen LogP contribution is -2.59. The number of esters is 2. The minimum absolute atomic E-state index is 0.0552. The van der Waals surface area contributed by atoms with Gasteiger partial charge in [-0.3, -0.25) is 19.2 Å². The fourth-order valence-corrected chi connectivity index (χ4v) is 12.3. The van der Waals surface area contributed by atoms with Gasteiger partial charge in [-0.15, -0.1) is 0 Å². The highest BCUT2D eigenvalue weighted by atomic mass is 16.6. The second-order valence-electron chi connectivity index (χ2n) is 16.4. The molecule has 6 fully saturated rings. The second kappa shape index (κ2) is 10.8. The van der Waals surface area contributed by atoms with Crippen LogP contribution in [0.5, 0.6) is 0 Å². The van der Waals surface area contributed by atoms with E-state index in [0.29, 0.717) is 35.9 Å². The SMILES string of the molecule is CC(=O)OC1C(CCC23CCCCC2C2=CCC4C(C)(CCC5C(C)C(=O)CCC54C)C2CC3)OC2C(=O)C2C1OC(C)=O. The molecule has 13 atom stereocenters.